The van der Waals surface area contributed by atoms with E-state index in [9.17, 15) is 14.4 Å². The lowest BCUT2D eigenvalue weighted by molar-refractivity contribution is -0.167. The largest absolute Gasteiger partial charge is 0.462 e. The van der Waals surface area contributed by atoms with Crippen molar-refractivity contribution in [2.75, 3.05) is 13.2 Å². The average Bonchev–Trinajstić information content (AvgIpc) is 3.43. The minimum Gasteiger partial charge on any atom is -0.462 e. The average molecular weight is 1080 g/mol. The predicted molar refractivity (Wildman–Crippen MR) is 335 cm³/mol. The summed E-state index contributed by atoms with van der Waals surface area (Å²) < 4.78 is 16.9. The topological polar surface area (TPSA) is 78.9 Å². The van der Waals surface area contributed by atoms with E-state index >= 15 is 0 Å². The summed E-state index contributed by atoms with van der Waals surface area (Å²) >= 11 is 0. The first-order valence-corrected chi connectivity index (χ1v) is 34.8. The maximum atomic E-state index is 12.9. The zero-order valence-electron chi connectivity index (χ0n) is 52.3. The Morgan fingerprint density at radius 1 is 0.260 bits per heavy atom. The Morgan fingerprint density at radius 2 is 0.468 bits per heavy atom. The van der Waals surface area contributed by atoms with E-state index in [2.05, 4.69) is 45.1 Å². The summed E-state index contributed by atoms with van der Waals surface area (Å²) in [5.41, 5.74) is 0. The highest BCUT2D eigenvalue weighted by molar-refractivity contribution is 5.71. The summed E-state index contributed by atoms with van der Waals surface area (Å²) in [6.07, 6.45) is 80.8. The lowest BCUT2D eigenvalue weighted by Gasteiger charge is -2.18. The molecule has 0 aromatic rings. The zero-order valence-corrected chi connectivity index (χ0v) is 52.3. The Kier molecular flexibility index (Phi) is 64.6. The summed E-state index contributed by atoms with van der Waals surface area (Å²) in [4.78, 5) is 38.3. The van der Waals surface area contributed by atoms with Crippen LogP contribution in [-0.4, -0.2) is 37.2 Å². The first kappa shape index (κ1) is 74.9. The summed E-state index contributed by atoms with van der Waals surface area (Å²) in [7, 11) is 0. The predicted octanol–water partition coefficient (Wildman–Crippen LogP) is 23.8. The third-order valence-corrected chi connectivity index (χ3v) is 16.0. The normalized spacial score (nSPS) is 12.1. The number of carbonyl (C=O) groups is 3. The van der Waals surface area contributed by atoms with Crippen LogP contribution < -0.4 is 0 Å². The molecule has 0 N–H and O–H groups in total. The molecule has 0 aliphatic rings. The molecular weight excluding hydrogens is 949 g/mol. The van der Waals surface area contributed by atoms with Crippen molar-refractivity contribution in [1.29, 1.82) is 0 Å². The Bertz CT molecular complexity index is 1240. The molecule has 0 fully saturated rings. The standard InChI is InChI=1S/C71H134O6/c1-4-7-10-13-16-19-22-24-26-28-30-31-32-33-34-35-36-37-38-39-40-41-42-44-45-47-49-52-55-58-61-64-70(73)76-67-68(66-75-69(72)63-60-57-54-51-21-18-15-12-9-6-3)77-71(74)65-62-59-56-53-50-48-46-43-29-27-25-23-20-17-14-11-8-5-2/h22,24,28,30,68H,4-21,23,25-27,29,31-67H2,1-3H3/b24-22-,30-28-. The van der Waals surface area contributed by atoms with Crippen molar-refractivity contribution >= 4 is 17.9 Å². The number of ether oxygens (including phenoxy) is 3. The molecule has 0 saturated carbocycles. The van der Waals surface area contributed by atoms with Crippen molar-refractivity contribution in [1.82, 2.24) is 0 Å². The van der Waals surface area contributed by atoms with E-state index in [1.54, 1.807) is 0 Å². The SMILES string of the molecule is CCCCCCC/C=C\C/C=C\CCCCCCCCCCCCCCCCCCCCCC(=O)OCC(COC(=O)CCCCCCCCCCCC)OC(=O)CCCCCCCCCCCCCCCCCCCC. The Hall–Kier alpha value is -2.11. The molecule has 0 rings (SSSR count). The molecule has 0 amide bonds. The van der Waals surface area contributed by atoms with Gasteiger partial charge in [-0.1, -0.05) is 347 Å². The van der Waals surface area contributed by atoms with Crippen LogP contribution in [0.15, 0.2) is 24.3 Å². The van der Waals surface area contributed by atoms with Crippen LogP contribution in [0.4, 0.5) is 0 Å². The molecule has 0 radical (unpaired) electrons. The first-order chi connectivity index (χ1) is 38.0. The fourth-order valence-corrected chi connectivity index (χ4v) is 10.7. The lowest BCUT2D eigenvalue weighted by Crippen LogP contribution is -2.30. The van der Waals surface area contributed by atoms with E-state index in [1.807, 2.05) is 0 Å². The second kappa shape index (κ2) is 66.4. The molecule has 1 unspecified atom stereocenters. The van der Waals surface area contributed by atoms with E-state index < -0.39 is 6.10 Å². The van der Waals surface area contributed by atoms with E-state index in [4.69, 9.17) is 14.2 Å². The Balaban J connectivity index is 4.07. The molecule has 1 atom stereocenters. The van der Waals surface area contributed by atoms with Crippen LogP contribution in [0.1, 0.15) is 393 Å². The van der Waals surface area contributed by atoms with Crippen molar-refractivity contribution in [3.8, 4) is 0 Å². The molecular formula is C71H134O6. The van der Waals surface area contributed by atoms with E-state index in [0.717, 1.165) is 64.2 Å². The molecule has 0 spiro atoms. The number of carbonyl (C=O) groups excluding carboxylic acids is 3. The highest BCUT2D eigenvalue weighted by atomic mass is 16.6. The second-order valence-corrected chi connectivity index (χ2v) is 23.8. The zero-order chi connectivity index (χ0) is 55.7. The van der Waals surface area contributed by atoms with Crippen LogP contribution in [0.2, 0.25) is 0 Å². The van der Waals surface area contributed by atoms with E-state index in [1.165, 1.54) is 289 Å². The third-order valence-electron chi connectivity index (χ3n) is 16.0. The van der Waals surface area contributed by atoms with Crippen LogP contribution in [0.25, 0.3) is 0 Å². The number of rotatable bonds is 65. The fraction of sp³-hybridized carbons (Fsp3) is 0.901. The van der Waals surface area contributed by atoms with Gasteiger partial charge in [0.2, 0.25) is 0 Å². The highest BCUT2D eigenvalue weighted by Crippen LogP contribution is 2.19. The van der Waals surface area contributed by atoms with Gasteiger partial charge in [0.05, 0.1) is 0 Å². The first-order valence-electron chi connectivity index (χ1n) is 34.8. The third kappa shape index (κ3) is 64.6. The molecule has 6 nitrogen and oxygen atoms in total. The maximum absolute atomic E-state index is 12.9. The van der Waals surface area contributed by atoms with Gasteiger partial charge in [0.25, 0.3) is 0 Å². The fourth-order valence-electron chi connectivity index (χ4n) is 10.7. The van der Waals surface area contributed by atoms with Gasteiger partial charge in [-0.15, -0.1) is 0 Å². The molecule has 0 aromatic carbocycles. The maximum Gasteiger partial charge on any atom is 0.306 e. The van der Waals surface area contributed by atoms with Crippen LogP contribution in [0.5, 0.6) is 0 Å². The van der Waals surface area contributed by atoms with E-state index in [0.29, 0.717) is 19.3 Å². The van der Waals surface area contributed by atoms with Gasteiger partial charge in [-0.2, -0.15) is 0 Å². The van der Waals surface area contributed by atoms with Crippen LogP contribution >= 0.6 is 0 Å². The smallest absolute Gasteiger partial charge is 0.306 e. The van der Waals surface area contributed by atoms with Crippen LogP contribution in [0.3, 0.4) is 0 Å². The molecule has 0 aliphatic carbocycles. The minimum atomic E-state index is -0.765. The number of allylic oxidation sites excluding steroid dienone is 4. The Morgan fingerprint density at radius 3 is 0.714 bits per heavy atom. The summed E-state index contributed by atoms with van der Waals surface area (Å²) in [5.74, 6) is -0.834. The highest BCUT2D eigenvalue weighted by Gasteiger charge is 2.19. The molecule has 0 saturated heterocycles. The second-order valence-electron chi connectivity index (χ2n) is 23.8. The Labute approximate surface area is 481 Å². The van der Waals surface area contributed by atoms with Crippen molar-refractivity contribution < 1.29 is 28.6 Å². The van der Waals surface area contributed by atoms with Gasteiger partial charge < -0.3 is 14.2 Å². The molecule has 454 valence electrons. The number of unbranched alkanes of at least 4 members (excludes halogenated alkanes) is 50. The van der Waals surface area contributed by atoms with Gasteiger partial charge in [0.1, 0.15) is 13.2 Å². The molecule has 0 aliphatic heterocycles. The quantitative estimate of drug-likeness (QED) is 0.0261. The number of hydrogen-bond donors (Lipinski definition) is 0. The summed E-state index contributed by atoms with van der Waals surface area (Å²) in [6.45, 7) is 6.69. The monoisotopic (exact) mass is 1080 g/mol. The summed E-state index contributed by atoms with van der Waals surface area (Å²) in [6, 6.07) is 0. The van der Waals surface area contributed by atoms with Crippen LogP contribution in [-0.2, 0) is 28.6 Å². The van der Waals surface area contributed by atoms with E-state index in [-0.39, 0.29) is 31.1 Å². The van der Waals surface area contributed by atoms with Crippen molar-refractivity contribution in [3.05, 3.63) is 24.3 Å². The van der Waals surface area contributed by atoms with Crippen molar-refractivity contribution in [3.63, 3.8) is 0 Å². The number of hydrogen-bond acceptors (Lipinski definition) is 6. The van der Waals surface area contributed by atoms with Gasteiger partial charge in [-0.25, -0.2) is 0 Å². The van der Waals surface area contributed by atoms with Crippen LogP contribution in [0, 0.1) is 0 Å². The molecule has 77 heavy (non-hydrogen) atoms. The van der Waals surface area contributed by atoms with Gasteiger partial charge >= 0.3 is 17.9 Å². The van der Waals surface area contributed by atoms with Crippen molar-refractivity contribution in [2.24, 2.45) is 0 Å². The van der Waals surface area contributed by atoms with Gasteiger partial charge in [0.15, 0.2) is 6.10 Å². The van der Waals surface area contributed by atoms with Crippen molar-refractivity contribution in [2.45, 2.75) is 399 Å². The lowest BCUT2D eigenvalue weighted by atomic mass is 10.0. The molecule has 0 heterocycles. The molecule has 0 aromatic heterocycles. The number of esters is 3. The van der Waals surface area contributed by atoms with Gasteiger partial charge in [0, 0.05) is 19.3 Å². The molecule has 0 bridgehead atoms. The van der Waals surface area contributed by atoms with Gasteiger partial charge in [-0.05, 0) is 51.4 Å². The van der Waals surface area contributed by atoms with Gasteiger partial charge in [-0.3, -0.25) is 14.4 Å². The minimum absolute atomic E-state index is 0.0634. The summed E-state index contributed by atoms with van der Waals surface area (Å²) in [5, 5.41) is 0. The molecule has 6 heteroatoms.